The summed E-state index contributed by atoms with van der Waals surface area (Å²) in [5.41, 5.74) is 2.41. The van der Waals surface area contributed by atoms with Gasteiger partial charge in [-0.15, -0.1) is 0 Å². The number of hydrogen-bond donors (Lipinski definition) is 0. The minimum atomic E-state index is -0.626. The van der Waals surface area contributed by atoms with Crippen LogP contribution in [0.4, 0.5) is 17.2 Å². The highest BCUT2D eigenvalue weighted by atomic mass is 16.6. The fraction of sp³-hybridized carbons (Fsp3) is 0.0870. The van der Waals surface area contributed by atoms with E-state index in [-0.39, 0.29) is 11.2 Å². The van der Waals surface area contributed by atoms with Crippen LogP contribution in [0.3, 0.4) is 0 Å². The Hall–Kier alpha value is -4.33. The molecule has 0 saturated heterocycles. The van der Waals surface area contributed by atoms with E-state index >= 15 is 0 Å². The van der Waals surface area contributed by atoms with Crippen LogP contribution in [0.2, 0.25) is 0 Å². The zero-order valence-corrected chi connectivity index (χ0v) is 16.9. The van der Waals surface area contributed by atoms with Crippen molar-refractivity contribution in [1.29, 1.82) is 0 Å². The lowest BCUT2D eigenvalue weighted by Crippen LogP contribution is -2.13. The van der Waals surface area contributed by atoms with Crippen LogP contribution in [0, 0.1) is 20.2 Å². The second-order valence-electron chi connectivity index (χ2n) is 7.19. The Morgan fingerprint density at radius 3 is 1.81 bits per heavy atom. The van der Waals surface area contributed by atoms with Crippen LogP contribution in [-0.4, -0.2) is 28.9 Å². The molecular formula is C23H18N4O4. The molecule has 31 heavy (non-hydrogen) atoms. The van der Waals surface area contributed by atoms with Crippen LogP contribution in [0.1, 0.15) is 0 Å². The van der Waals surface area contributed by atoms with Crippen molar-refractivity contribution in [1.82, 2.24) is 4.98 Å². The fourth-order valence-corrected chi connectivity index (χ4v) is 3.67. The molecule has 4 aromatic rings. The van der Waals surface area contributed by atoms with E-state index < -0.39 is 15.5 Å². The molecule has 1 heterocycles. The Balaban J connectivity index is 2.28. The number of rotatable bonds is 5. The van der Waals surface area contributed by atoms with Gasteiger partial charge in [-0.25, -0.2) is 4.98 Å². The van der Waals surface area contributed by atoms with Crippen LogP contribution in [-0.2, 0) is 0 Å². The highest BCUT2D eigenvalue weighted by Crippen LogP contribution is 2.45. The highest BCUT2D eigenvalue weighted by molar-refractivity contribution is 6.09. The van der Waals surface area contributed by atoms with E-state index in [4.69, 9.17) is 0 Å². The van der Waals surface area contributed by atoms with E-state index in [9.17, 15) is 20.2 Å². The monoisotopic (exact) mass is 414 g/mol. The first-order chi connectivity index (χ1) is 14.9. The topological polar surface area (TPSA) is 102 Å². The molecule has 154 valence electrons. The van der Waals surface area contributed by atoms with Crippen LogP contribution < -0.4 is 4.90 Å². The van der Waals surface area contributed by atoms with Crippen LogP contribution in [0.15, 0.2) is 72.8 Å². The maximum absolute atomic E-state index is 11.8. The summed E-state index contributed by atoms with van der Waals surface area (Å²) in [5.74, 6) is 0.537. The van der Waals surface area contributed by atoms with Gasteiger partial charge < -0.3 is 4.90 Å². The molecule has 0 N–H and O–H groups in total. The first-order valence-corrected chi connectivity index (χ1v) is 9.47. The smallest absolute Gasteiger partial charge is 0.302 e. The molecule has 0 saturated carbocycles. The molecule has 0 aliphatic carbocycles. The van der Waals surface area contributed by atoms with E-state index in [1.54, 1.807) is 4.90 Å². The molecule has 8 nitrogen and oxygen atoms in total. The zero-order chi connectivity index (χ0) is 22.1. The Morgan fingerprint density at radius 1 is 0.774 bits per heavy atom. The van der Waals surface area contributed by atoms with Crippen molar-refractivity contribution in [3.63, 3.8) is 0 Å². The number of nitro groups is 2. The number of anilines is 1. The lowest BCUT2D eigenvalue weighted by molar-refractivity contribution is -0.393. The standard InChI is InChI=1S/C23H18N4O4/c1-25(2)23-21(16-11-7-4-8-12-16)20(15-9-5-3-6-10-15)18-13-17(26(28)29)14-19(27(30)31)22(18)24-23/h3-14H,1-2H3. The Bertz CT molecular complexity index is 1310. The summed E-state index contributed by atoms with van der Waals surface area (Å²) >= 11 is 0. The summed E-state index contributed by atoms with van der Waals surface area (Å²) in [4.78, 5) is 28.5. The third-order valence-electron chi connectivity index (χ3n) is 4.99. The van der Waals surface area contributed by atoms with Gasteiger partial charge in [-0.2, -0.15) is 0 Å². The predicted octanol–water partition coefficient (Wildman–Crippen LogP) is 5.45. The fourth-order valence-electron chi connectivity index (χ4n) is 3.67. The van der Waals surface area contributed by atoms with Crippen molar-refractivity contribution < 1.29 is 9.85 Å². The number of aromatic nitrogens is 1. The summed E-state index contributed by atoms with van der Waals surface area (Å²) in [6.45, 7) is 0. The minimum absolute atomic E-state index is 0.109. The van der Waals surface area contributed by atoms with Gasteiger partial charge in [0.05, 0.1) is 15.9 Å². The van der Waals surface area contributed by atoms with Gasteiger partial charge in [-0.1, -0.05) is 60.7 Å². The Morgan fingerprint density at radius 2 is 1.32 bits per heavy atom. The third-order valence-corrected chi connectivity index (χ3v) is 4.99. The summed E-state index contributed by atoms with van der Waals surface area (Å²) in [7, 11) is 3.62. The average molecular weight is 414 g/mol. The van der Waals surface area contributed by atoms with Gasteiger partial charge >= 0.3 is 5.69 Å². The molecule has 0 unspecified atom stereocenters. The van der Waals surface area contributed by atoms with E-state index in [1.165, 1.54) is 6.07 Å². The van der Waals surface area contributed by atoms with Crippen molar-refractivity contribution in [3.8, 4) is 22.3 Å². The number of non-ortho nitro benzene ring substituents is 2. The second kappa shape index (κ2) is 7.83. The number of nitrogens with zero attached hydrogens (tertiary/aromatic N) is 4. The molecule has 3 aromatic carbocycles. The van der Waals surface area contributed by atoms with E-state index in [0.29, 0.717) is 16.8 Å². The van der Waals surface area contributed by atoms with Gasteiger partial charge in [0, 0.05) is 36.7 Å². The predicted molar refractivity (Wildman–Crippen MR) is 120 cm³/mol. The maximum Gasteiger partial charge on any atom is 0.302 e. The van der Waals surface area contributed by atoms with Crippen molar-refractivity contribution in [3.05, 3.63) is 93.0 Å². The molecule has 1 aromatic heterocycles. The molecule has 0 fully saturated rings. The van der Waals surface area contributed by atoms with Crippen molar-refractivity contribution in [2.75, 3.05) is 19.0 Å². The molecular weight excluding hydrogens is 396 g/mol. The largest absolute Gasteiger partial charge is 0.362 e. The first-order valence-electron chi connectivity index (χ1n) is 9.47. The van der Waals surface area contributed by atoms with Gasteiger partial charge in [0.15, 0.2) is 5.52 Å². The highest BCUT2D eigenvalue weighted by Gasteiger charge is 2.27. The number of nitro benzene ring substituents is 2. The van der Waals surface area contributed by atoms with Gasteiger partial charge in [0.1, 0.15) is 5.82 Å². The second-order valence-corrected chi connectivity index (χ2v) is 7.19. The average Bonchev–Trinajstić information content (AvgIpc) is 2.77. The van der Waals surface area contributed by atoms with Gasteiger partial charge in [0.25, 0.3) is 5.69 Å². The van der Waals surface area contributed by atoms with Crippen LogP contribution in [0.25, 0.3) is 33.2 Å². The number of benzene rings is 3. The lowest BCUT2D eigenvalue weighted by Gasteiger charge is -2.22. The molecule has 0 bridgehead atoms. The number of hydrogen-bond acceptors (Lipinski definition) is 6. The van der Waals surface area contributed by atoms with Crippen molar-refractivity contribution >= 4 is 28.1 Å². The van der Waals surface area contributed by atoms with Crippen LogP contribution >= 0.6 is 0 Å². The maximum atomic E-state index is 11.8. The van der Waals surface area contributed by atoms with Gasteiger partial charge in [0.2, 0.25) is 0 Å². The molecule has 0 aliphatic rings. The van der Waals surface area contributed by atoms with Crippen LogP contribution in [0.5, 0.6) is 0 Å². The quantitative estimate of drug-likeness (QED) is 0.318. The van der Waals surface area contributed by atoms with Crippen molar-refractivity contribution in [2.24, 2.45) is 0 Å². The molecule has 0 atom stereocenters. The number of fused-ring (bicyclic) bond motifs is 1. The normalized spacial score (nSPS) is 10.8. The van der Waals surface area contributed by atoms with E-state index in [1.807, 2.05) is 74.8 Å². The number of pyridine rings is 1. The summed E-state index contributed by atoms with van der Waals surface area (Å²) in [5, 5.41) is 23.7. The van der Waals surface area contributed by atoms with Crippen molar-refractivity contribution in [2.45, 2.75) is 0 Å². The zero-order valence-electron chi connectivity index (χ0n) is 16.9. The molecule has 0 radical (unpaired) electrons. The summed E-state index contributed by atoms with van der Waals surface area (Å²) in [6, 6.07) is 21.2. The van der Waals surface area contributed by atoms with E-state index in [2.05, 4.69) is 4.98 Å². The molecule has 8 heteroatoms. The lowest BCUT2D eigenvalue weighted by atomic mass is 9.91. The van der Waals surface area contributed by atoms with E-state index in [0.717, 1.165) is 22.8 Å². The Kier molecular flexibility index (Phi) is 5.04. The van der Waals surface area contributed by atoms with Gasteiger partial charge in [-0.3, -0.25) is 20.2 Å². The van der Waals surface area contributed by atoms with Gasteiger partial charge in [-0.05, 0) is 11.1 Å². The molecule has 0 spiro atoms. The summed E-state index contributed by atoms with van der Waals surface area (Å²) < 4.78 is 0. The molecule has 4 rings (SSSR count). The third kappa shape index (κ3) is 3.55. The minimum Gasteiger partial charge on any atom is -0.362 e. The molecule has 0 aliphatic heterocycles. The summed E-state index contributed by atoms with van der Waals surface area (Å²) in [6.07, 6.45) is 0. The molecule has 0 amide bonds. The SMILES string of the molecule is CN(C)c1nc2c([N+](=O)[O-])cc([N+](=O)[O-])cc2c(-c2ccccc2)c1-c1ccccc1. The first kappa shape index (κ1) is 20.0. The Labute approximate surface area is 177 Å².